The van der Waals surface area contributed by atoms with Gasteiger partial charge in [-0.3, -0.25) is 29.5 Å². The number of carboxylic acids is 4. The molecule has 0 spiro atoms. The summed E-state index contributed by atoms with van der Waals surface area (Å²) in [7, 11) is -10.2. The summed E-state index contributed by atoms with van der Waals surface area (Å²) in [6.45, 7) is 0. The Kier molecular flexibility index (Phi) is 11.6. The largest absolute Gasteiger partial charge is 0.478 e. The summed E-state index contributed by atoms with van der Waals surface area (Å²) in [4.78, 5) is 72.0. The van der Waals surface area contributed by atoms with Crippen molar-refractivity contribution in [2.75, 3.05) is 20.9 Å². The number of benzene rings is 4. The second kappa shape index (κ2) is 16.7. The summed E-state index contributed by atoms with van der Waals surface area (Å²) in [5, 5.41) is 54.2. The molecular formula is C36H24N8O16S2. The summed E-state index contributed by atoms with van der Waals surface area (Å²) in [5.74, 6) is -8.69. The number of carboxylic acid groups (broad SMARTS) is 4. The van der Waals surface area contributed by atoms with Gasteiger partial charge in [-0.05, 0) is 59.7 Å². The normalized spacial score (nSPS) is 15.6. The Hall–Kier alpha value is -8.46. The number of para-hydroxylation sites is 2. The van der Waals surface area contributed by atoms with Gasteiger partial charge >= 0.3 is 35.7 Å². The first-order chi connectivity index (χ1) is 29.2. The summed E-state index contributed by atoms with van der Waals surface area (Å²) in [6, 6.07) is 16.2. The van der Waals surface area contributed by atoms with Gasteiger partial charge < -0.3 is 20.4 Å². The van der Waals surface area contributed by atoms with Crippen molar-refractivity contribution in [3.05, 3.63) is 107 Å². The van der Waals surface area contributed by atoms with Crippen molar-refractivity contribution in [3.8, 4) is 0 Å². The van der Waals surface area contributed by atoms with E-state index in [0.717, 1.165) is 60.7 Å². The highest BCUT2D eigenvalue weighted by molar-refractivity contribution is 7.86. The molecule has 4 aromatic carbocycles. The maximum absolute atomic E-state index is 13.2. The van der Waals surface area contributed by atoms with Crippen molar-refractivity contribution in [1.82, 2.24) is 0 Å². The highest BCUT2D eigenvalue weighted by Crippen LogP contribution is 2.29. The van der Waals surface area contributed by atoms with Gasteiger partial charge in [0, 0.05) is 0 Å². The predicted molar refractivity (Wildman–Crippen MR) is 215 cm³/mol. The SMILES string of the molecule is O=C(O)C1=NN(c2ccccc2C(=O)O)C(=O)/C1=N/Nc1ccc(C=Cc2ccc(N/N=C3/C(=O)N(c4ccccc4C(=O)O)N=C3C(=O)O)cc2S(=O)(=O)O)c(S(=O)(=O)O)c1. The molecule has 2 amide bonds. The van der Waals surface area contributed by atoms with Crippen LogP contribution in [-0.4, -0.2) is 105 Å². The van der Waals surface area contributed by atoms with Crippen LogP contribution in [0, 0.1) is 0 Å². The number of amides is 2. The number of rotatable bonds is 14. The fourth-order valence-corrected chi connectivity index (χ4v) is 7.05. The summed E-state index contributed by atoms with van der Waals surface area (Å²) >= 11 is 0. The molecule has 4 aromatic rings. The van der Waals surface area contributed by atoms with Crippen LogP contribution in [-0.2, 0) is 39.4 Å². The Labute approximate surface area is 346 Å². The van der Waals surface area contributed by atoms with E-state index in [4.69, 9.17) is 0 Å². The van der Waals surface area contributed by atoms with Gasteiger partial charge in [-0.25, -0.2) is 19.2 Å². The van der Waals surface area contributed by atoms with Gasteiger partial charge in [-0.15, -0.1) is 0 Å². The zero-order chi connectivity index (χ0) is 45.3. The van der Waals surface area contributed by atoms with E-state index in [1.807, 2.05) is 0 Å². The Balaban J connectivity index is 1.27. The van der Waals surface area contributed by atoms with Crippen LogP contribution in [0.1, 0.15) is 31.8 Å². The van der Waals surface area contributed by atoms with Crippen molar-refractivity contribution in [3.63, 3.8) is 0 Å². The van der Waals surface area contributed by atoms with Crippen LogP contribution in [0.4, 0.5) is 22.7 Å². The molecule has 2 heterocycles. The lowest BCUT2D eigenvalue weighted by molar-refractivity contribution is -0.130. The van der Waals surface area contributed by atoms with E-state index in [1.165, 1.54) is 36.4 Å². The van der Waals surface area contributed by atoms with Crippen molar-refractivity contribution >= 4 is 114 Å². The molecule has 0 aliphatic carbocycles. The van der Waals surface area contributed by atoms with Crippen LogP contribution in [0.5, 0.6) is 0 Å². The van der Waals surface area contributed by atoms with Crippen LogP contribution in [0.15, 0.2) is 115 Å². The maximum atomic E-state index is 13.2. The number of aromatic carboxylic acids is 2. The minimum Gasteiger partial charge on any atom is -0.478 e. The number of aliphatic carboxylic acids is 2. The fourth-order valence-electron chi connectivity index (χ4n) is 5.63. The Morgan fingerprint density at radius 1 is 0.548 bits per heavy atom. The number of carbonyl (C=O) groups excluding carboxylic acids is 2. The van der Waals surface area contributed by atoms with Gasteiger partial charge in [0.25, 0.3) is 20.2 Å². The third-order valence-corrected chi connectivity index (χ3v) is 10.2. The molecule has 26 heteroatoms. The molecule has 62 heavy (non-hydrogen) atoms. The van der Waals surface area contributed by atoms with E-state index in [1.54, 1.807) is 0 Å². The Morgan fingerprint density at radius 2 is 0.903 bits per heavy atom. The minimum absolute atomic E-state index is 0.245. The third-order valence-electron chi connectivity index (χ3n) is 8.39. The molecule has 24 nitrogen and oxygen atoms in total. The van der Waals surface area contributed by atoms with E-state index >= 15 is 0 Å². The number of carbonyl (C=O) groups is 6. The molecule has 316 valence electrons. The number of hydrogen-bond donors (Lipinski definition) is 8. The average Bonchev–Trinajstić information content (AvgIpc) is 3.73. The second-order valence-electron chi connectivity index (χ2n) is 12.3. The van der Waals surface area contributed by atoms with Crippen molar-refractivity contribution in [1.29, 1.82) is 0 Å². The average molecular weight is 889 g/mol. The molecule has 0 radical (unpaired) electrons. The van der Waals surface area contributed by atoms with Crippen molar-refractivity contribution < 1.29 is 75.1 Å². The highest BCUT2D eigenvalue weighted by atomic mass is 32.2. The number of nitrogens with one attached hydrogen (secondary N) is 2. The number of nitrogens with zero attached hydrogens (tertiary/aromatic N) is 6. The summed E-state index contributed by atoms with van der Waals surface area (Å²) in [6.07, 6.45) is 2.03. The Bertz CT molecular complexity index is 2850. The molecule has 6 rings (SSSR count). The van der Waals surface area contributed by atoms with Gasteiger partial charge in [0.1, 0.15) is 9.79 Å². The van der Waals surface area contributed by atoms with Crippen LogP contribution >= 0.6 is 0 Å². The van der Waals surface area contributed by atoms with Crippen LogP contribution < -0.4 is 20.9 Å². The molecule has 0 unspecified atom stereocenters. The second-order valence-corrected chi connectivity index (χ2v) is 15.1. The van der Waals surface area contributed by atoms with Gasteiger partial charge in [0.2, 0.25) is 11.4 Å². The first-order valence-corrected chi connectivity index (χ1v) is 19.6. The lowest BCUT2D eigenvalue weighted by Gasteiger charge is -2.13. The summed E-state index contributed by atoms with van der Waals surface area (Å²) < 4.78 is 69.8. The predicted octanol–water partition coefficient (Wildman–Crippen LogP) is 2.26. The molecule has 0 saturated carbocycles. The first kappa shape index (κ1) is 43.1. The van der Waals surface area contributed by atoms with Gasteiger partial charge in [0.15, 0.2) is 11.4 Å². The standard InChI is InChI=1S/C36H24N8O16S2/c45-31-27(29(35(51)52)41-43(31)23-7-3-1-5-21(23)33(47)48)39-37-19-13-11-17(25(15-19)61(55,56)57)9-10-18-12-14-20(16-26(18)62(58,59)60)38-40-28-30(36(53)54)42-44(32(28)46)24-8-4-2-6-22(24)34(49)50/h1-16,37-38H,(H,47,48)(H,49,50)(H,51,52)(H,53,54)(H,55,56,57)(H,58,59,60)/b10-9?,39-27+,40-28+. The molecule has 0 atom stereocenters. The van der Waals surface area contributed by atoms with Crippen LogP contribution in [0.25, 0.3) is 12.2 Å². The van der Waals surface area contributed by atoms with E-state index in [-0.39, 0.29) is 33.9 Å². The number of hydrogen-bond acceptors (Lipinski definition) is 16. The maximum Gasteiger partial charge on any atom is 0.358 e. The Morgan fingerprint density at radius 3 is 1.23 bits per heavy atom. The van der Waals surface area contributed by atoms with Gasteiger partial charge in [0.05, 0.1) is 33.9 Å². The van der Waals surface area contributed by atoms with Crippen molar-refractivity contribution in [2.45, 2.75) is 9.79 Å². The lowest BCUT2D eigenvalue weighted by Crippen LogP contribution is -2.31. The molecular weight excluding hydrogens is 865 g/mol. The molecule has 8 N–H and O–H groups in total. The van der Waals surface area contributed by atoms with E-state index in [9.17, 15) is 75.1 Å². The smallest absolute Gasteiger partial charge is 0.358 e. The zero-order valence-corrected chi connectivity index (χ0v) is 32.1. The molecule has 0 saturated heterocycles. The molecule has 0 fully saturated rings. The quantitative estimate of drug-likeness (QED) is 0.0511. The minimum atomic E-state index is -5.09. The van der Waals surface area contributed by atoms with E-state index < -0.39 is 99.7 Å². The third kappa shape index (κ3) is 8.77. The van der Waals surface area contributed by atoms with E-state index in [0.29, 0.717) is 10.0 Å². The fraction of sp³-hybridized carbons (Fsp3) is 0. The van der Waals surface area contributed by atoms with E-state index in [2.05, 4.69) is 31.3 Å². The topological polar surface area (TPSA) is 372 Å². The van der Waals surface area contributed by atoms with Gasteiger partial charge in [-0.1, -0.05) is 48.6 Å². The first-order valence-electron chi connectivity index (χ1n) is 16.7. The summed E-state index contributed by atoms with van der Waals surface area (Å²) in [5.41, 5.74) is -1.27. The molecule has 0 bridgehead atoms. The van der Waals surface area contributed by atoms with Crippen molar-refractivity contribution in [2.24, 2.45) is 20.4 Å². The number of anilines is 4. The molecule has 0 aromatic heterocycles. The molecule has 2 aliphatic heterocycles. The number of hydrazone groups is 4. The molecule has 2 aliphatic rings. The zero-order valence-electron chi connectivity index (χ0n) is 30.5. The highest BCUT2D eigenvalue weighted by Gasteiger charge is 2.40. The van der Waals surface area contributed by atoms with Crippen LogP contribution in [0.3, 0.4) is 0 Å². The van der Waals surface area contributed by atoms with Crippen LogP contribution in [0.2, 0.25) is 0 Å². The van der Waals surface area contributed by atoms with Gasteiger partial charge in [-0.2, -0.15) is 47.3 Å². The lowest BCUT2D eigenvalue weighted by atomic mass is 10.1. The monoisotopic (exact) mass is 888 g/mol.